The van der Waals surface area contributed by atoms with Crippen LogP contribution in [0.4, 0.5) is 0 Å². The normalized spacial score (nSPS) is 19.5. The van der Waals surface area contributed by atoms with Crippen molar-refractivity contribution < 1.29 is 14.3 Å². The largest absolute Gasteiger partial charge is 0.388 e. The molecule has 1 amide bonds. The smallest absolute Gasteiger partial charge is 0.222 e. The van der Waals surface area contributed by atoms with Crippen LogP contribution in [-0.2, 0) is 14.3 Å². The number of rotatable bonds is 15. The number of aliphatic imine (C=N–C) groups is 2. The van der Waals surface area contributed by atoms with Crippen LogP contribution >= 0.6 is 11.6 Å². The Bertz CT molecular complexity index is 1270. The van der Waals surface area contributed by atoms with E-state index in [9.17, 15) is 4.79 Å². The highest BCUT2D eigenvalue weighted by atomic mass is 35.5. The van der Waals surface area contributed by atoms with Crippen molar-refractivity contribution in [1.29, 1.82) is 0 Å². The predicted molar refractivity (Wildman–Crippen MR) is 172 cm³/mol. The lowest BCUT2D eigenvalue weighted by atomic mass is 9.84. The van der Waals surface area contributed by atoms with E-state index in [1.807, 2.05) is 21.0 Å². The zero-order valence-electron chi connectivity index (χ0n) is 26.5. The molecule has 228 valence electrons. The Hall–Kier alpha value is -2.68. The van der Waals surface area contributed by atoms with Crippen molar-refractivity contribution in [3.63, 3.8) is 0 Å². The second-order valence-corrected chi connectivity index (χ2v) is 11.2. The molecule has 0 unspecified atom stereocenters. The highest BCUT2D eigenvalue weighted by Crippen LogP contribution is 2.37. The fourth-order valence-corrected chi connectivity index (χ4v) is 4.91. The van der Waals surface area contributed by atoms with E-state index in [4.69, 9.17) is 26.1 Å². The highest BCUT2D eigenvalue weighted by molar-refractivity contribution is 6.20. The predicted octanol–water partition coefficient (Wildman–Crippen LogP) is 3.98. The first-order valence-electron chi connectivity index (χ1n) is 14.5. The van der Waals surface area contributed by atoms with Crippen molar-refractivity contribution in [1.82, 2.24) is 15.2 Å². The standard InChI is InChI=1S/C32H50ClN5O3/c1-21(2)27(35-8)20-30-24(5)26(10-11-31(39)38(9)13-15-41-17-16-40-14-12-33)32(37-30)25(6)29-18-22(3)28(36-29)19-23(4)34-7/h18-20,24,26,35-36H,10-17H2,1-9H3/b28-19-,29-25-,30-20-,34-23+/t24-,26-/m0/s1. The van der Waals surface area contributed by atoms with Crippen LogP contribution in [0.25, 0.3) is 11.6 Å². The van der Waals surface area contributed by atoms with Crippen LogP contribution in [-0.4, -0.2) is 87.2 Å². The number of carbonyl (C=O) groups excluding carboxylic acids is 1. The van der Waals surface area contributed by atoms with Gasteiger partial charge in [0.25, 0.3) is 0 Å². The van der Waals surface area contributed by atoms with Gasteiger partial charge in [-0.3, -0.25) is 14.8 Å². The van der Waals surface area contributed by atoms with Crippen LogP contribution < -0.4 is 16.0 Å². The quantitative estimate of drug-likeness (QED) is 0.184. The summed E-state index contributed by atoms with van der Waals surface area (Å²) < 4.78 is 10.9. The van der Waals surface area contributed by atoms with Crippen LogP contribution in [0.15, 0.2) is 39.1 Å². The van der Waals surface area contributed by atoms with E-state index in [0.29, 0.717) is 45.3 Å². The average Bonchev–Trinajstić information content (AvgIpc) is 3.47. The molecule has 0 radical (unpaired) electrons. The summed E-state index contributed by atoms with van der Waals surface area (Å²) in [6, 6.07) is 2.17. The van der Waals surface area contributed by atoms with E-state index in [-0.39, 0.29) is 17.7 Å². The molecule has 41 heavy (non-hydrogen) atoms. The molecule has 9 heteroatoms. The van der Waals surface area contributed by atoms with Gasteiger partial charge >= 0.3 is 0 Å². The van der Waals surface area contributed by atoms with Gasteiger partial charge in [-0.1, -0.05) is 12.5 Å². The minimum atomic E-state index is 0.107. The van der Waals surface area contributed by atoms with Gasteiger partial charge in [-0.05, 0) is 70.4 Å². The van der Waals surface area contributed by atoms with Gasteiger partial charge in [-0.15, -0.1) is 11.6 Å². The summed E-state index contributed by atoms with van der Waals surface area (Å²) in [6.45, 7) is 15.1. The zero-order valence-corrected chi connectivity index (χ0v) is 27.2. The van der Waals surface area contributed by atoms with E-state index in [0.717, 1.165) is 51.1 Å². The molecule has 8 nitrogen and oxygen atoms in total. The third-order valence-electron chi connectivity index (χ3n) is 7.58. The molecule has 0 spiro atoms. The molecule has 0 bridgehead atoms. The number of hydrogen-bond donors (Lipinski definition) is 2. The summed E-state index contributed by atoms with van der Waals surface area (Å²) in [5.74, 6) is 0.880. The second-order valence-electron chi connectivity index (χ2n) is 10.8. The van der Waals surface area contributed by atoms with E-state index in [1.54, 1.807) is 11.9 Å². The van der Waals surface area contributed by atoms with Crippen LogP contribution in [0, 0.1) is 18.8 Å². The number of ether oxygens (including phenoxy) is 2. The Balaban J connectivity index is 2.28. The number of carbonyl (C=O) groups is 1. The monoisotopic (exact) mass is 587 g/mol. The molecular formula is C32H50ClN5O3. The first kappa shape index (κ1) is 34.5. The third kappa shape index (κ3) is 10.3. The summed E-state index contributed by atoms with van der Waals surface area (Å²) in [6.07, 6.45) is 5.37. The number of nitrogens with one attached hydrogen (secondary N) is 2. The van der Waals surface area contributed by atoms with E-state index >= 15 is 0 Å². The lowest BCUT2D eigenvalue weighted by molar-refractivity contribution is -0.130. The van der Waals surface area contributed by atoms with Gasteiger partial charge in [-0.25, -0.2) is 0 Å². The Morgan fingerprint density at radius 2 is 1.85 bits per heavy atom. The Morgan fingerprint density at radius 1 is 1.17 bits per heavy atom. The number of amides is 1. The molecule has 0 aliphatic carbocycles. The average molecular weight is 588 g/mol. The molecule has 2 rings (SSSR count). The number of halogens is 1. The Labute approximate surface area is 251 Å². The van der Waals surface area contributed by atoms with Crippen molar-refractivity contribution in [3.05, 3.63) is 45.4 Å². The van der Waals surface area contributed by atoms with Crippen molar-refractivity contribution in [3.8, 4) is 0 Å². The number of aromatic amines is 1. The summed E-state index contributed by atoms with van der Waals surface area (Å²) >= 11 is 5.61. The van der Waals surface area contributed by atoms with Gasteiger partial charge in [0.15, 0.2) is 0 Å². The van der Waals surface area contributed by atoms with Gasteiger partial charge in [0, 0.05) is 85.3 Å². The van der Waals surface area contributed by atoms with E-state index in [1.165, 1.54) is 5.57 Å². The minimum Gasteiger partial charge on any atom is -0.388 e. The van der Waals surface area contributed by atoms with Crippen LogP contribution in [0.2, 0.25) is 0 Å². The molecule has 2 atom stereocenters. The summed E-state index contributed by atoms with van der Waals surface area (Å²) in [5.41, 5.74) is 7.57. The maximum absolute atomic E-state index is 13.1. The summed E-state index contributed by atoms with van der Waals surface area (Å²) in [7, 11) is 5.57. The second kappa shape index (κ2) is 17.3. The van der Waals surface area contributed by atoms with Crippen LogP contribution in [0.1, 0.15) is 53.0 Å². The molecule has 0 saturated carbocycles. The van der Waals surface area contributed by atoms with E-state index in [2.05, 4.69) is 68.1 Å². The number of hydrogen-bond acceptors (Lipinski definition) is 6. The molecule has 1 aliphatic rings. The molecule has 0 saturated heterocycles. The maximum atomic E-state index is 13.1. The molecule has 2 heterocycles. The Morgan fingerprint density at radius 3 is 2.46 bits per heavy atom. The molecule has 1 aliphatic heterocycles. The van der Waals surface area contributed by atoms with Gasteiger partial charge in [0.2, 0.25) is 5.91 Å². The first-order chi connectivity index (χ1) is 19.5. The highest BCUT2D eigenvalue weighted by Gasteiger charge is 2.33. The zero-order chi connectivity index (χ0) is 30.5. The SMILES string of the molecule is C/N=C(C)/C=c1\[nH]/c(=C(/C)C2=N/C(=C\C(NC)=C(C)C)[C@@H](C)[C@@H]2CCC(=O)N(C)CCOCCOCCCl)cc1C. The number of alkyl halides is 1. The van der Waals surface area contributed by atoms with E-state index < -0.39 is 0 Å². The fraction of sp³-hybridized carbons (Fsp3) is 0.594. The topological polar surface area (TPSA) is 91.3 Å². The maximum Gasteiger partial charge on any atom is 0.222 e. The third-order valence-corrected chi connectivity index (χ3v) is 7.73. The number of likely N-dealkylation sites (N-methyl/N-ethyl adjacent to an activating group) is 2. The number of H-pyrrole nitrogens is 1. The lowest BCUT2D eigenvalue weighted by Crippen LogP contribution is -2.31. The molecule has 1 aromatic rings. The van der Waals surface area contributed by atoms with Gasteiger partial charge < -0.3 is 24.7 Å². The molecule has 0 aromatic carbocycles. The molecule has 0 fully saturated rings. The van der Waals surface area contributed by atoms with Gasteiger partial charge in [-0.2, -0.15) is 0 Å². The number of aromatic nitrogens is 1. The van der Waals surface area contributed by atoms with Gasteiger partial charge in [0.05, 0.1) is 26.4 Å². The minimum absolute atomic E-state index is 0.107. The van der Waals surface area contributed by atoms with Crippen molar-refractivity contribution >= 4 is 40.6 Å². The van der Waals surface area contributed by atoms with Crippen LogP contribution in [0.3, 0.4) is 0 Å². The Kier molecular flexibility index (Phi) is 14.6. The van der Waals surface area contributed by atoms with Crippen LogP contribution in [0.5, 0.6) is 0 Å². The van der Waals surface area contributed by atoms with Crippen molar-refractivity contribution in [2.24, 2.45) is 21.8 Å². The fourth-order valence-electron chi connectivity index (χ4n) is 4.80. The number of allylic oxidation sites excluding steroid dienone is 3. The van der Waals surface area contributed by atoms with Gasteiger partial charge in [0.1, 0.15) is 0 Å². The van der Waals surface area contributed by atoms with Crippen molar-refractivity contribution in [2.45, 2.75) is 54.4 Å². The number of nitrogens with zero attached hydrogens (tertiary/aromatic N) is 3. The summed E-state index contributed by atoms with van der Waals surface area (Å²) in [5, 5.41) is 5.39. The molecule has 1 aromatic heterocycles. The molecular weight excluding hydrogens is 538 g/mol. The lowest BCUT2D eigenvalue weighted by Gasteiger charge is -2.21. The summed E-state index contributed by atoms with van der Waals surface area (Å²) in [4.78, 5) is 27.8. The number of aryl methyl sites for hydroxylation is 1. The first-order valence-corrected chi connectivity index (χ1v) is 15.0. The van der Waals surface area contributed by atoms with Crippen molar-refractivity contribution in [2.75, 3.05) is 60.0 Å². The molecule has 2 N–H and O–H groups in total.